The summed E-state index contributed by atoms with van der Waals surface area (Å²) in [5.74, 6) is 1.73. The first-order valence-electron chi connectivity index (χ1n) is 15.1. The van der Waals surface area contributed by atoms with Crippen LogP contribution in [0.5, 0.6) is 0 Å². The van der Waals surface area contributed by atoms with Crippen molar-refractivity contribution in [3.8, 4) is 0 Å². The predicted molar refractivity (Wildman–Crippen MR) is 193 cm³/mol. The molecule has 2 atom stereocenters. The molecule has 6 heteroatoms. The van der Waals surface area contributed by atoms with Crippen molar-refractivity contribution in [1.82, 2.24) is 0 Å². The predicted octanol–water partition coefficient (Wildman–Crippen LogP) is 11.7. The van der Waals surface area contributed by atoms with Gasteiger partial charge < -0.3 is 8.85 Å². The Balaban J connectivity index is 1.65. The standard InChI is InChI=1S/C36H50O2S2Si2/c1-35(2,3)41(7,8)37-33(25-39-31-21-19-27-15-11-13-17-29(27)23-31)34(38-42(9,10)36(4,5)6)26-40-32-22-20-28-16-12-14-18-30(28)24-32/h11-24,33-34H,25-26H2,1-10H3/t33-,34-/m0/s1. The van der Waals surface area contributed by atoms with Gasteiger partial charge >= 0.3 is 0 Å². The topological polar surface area (TPSA) is 18.5 Å². The second-order valence-electron chi connectivity index (χ2n) is 14.5. The maximum atomic E-state index is 7.29. The van der Waals surface area contributed by atoms with Gasteiger partial charge in [0, 0.05) is 21.3 Å². The number of rotatable bonds is 11. The zero-order valence-corrected chi connectivity index (χ0v) is 30.9. The quantitative estimate of drug-likeness (QED) is 0.121. The molecule has 0 heterocycles. The molecular weight excluding hydrogens is 585 g/mol. The summed E-state index contributed by atoms with van der Waals surface area (Å²) in [5, 5.41) is 5.36. The van der Waals surface area contributed by atoms with E-state index < -0.39 is 16.6 Å². The molecule has 0 amide bonds. The molecule has 0 saturated heterocycles. The van der Waals surface area contributed by atoms with Gasteiger partial charge in [0.2, 0.25) is 0 Å². The lowest BCUT2D eigenvalue weighted by Crippen LogP contribution is -2.53. The van der Waals surface area contributed by atoms with Gasteiger partial charge in [0.15, 0.2) is 16.6 Å². The summed E-state index contributed by atoms with van der Waals surface area (Å²) in [4.78, 5) is 2.57. The molecule has 2 nitrogen and oxygen atoms in total. The molecule has 0 radical (unpaired) electrons. The van der Waals surface area contributed by atoms with E-state index in [1.165, 1.54) is 31.3 Å². The van der Waals surface area contributed by atoms with Crippen LogP contribution in [0.2, 0.25) is 36.3 Å². The van der Waals surface area contributed by atoms with Gasteiger partial charge in [-0.1, -0.05) is 102 Å². The molecule has 42 heavy (non-hydrogen) atoms. The number of hydrogen-bond donors (Lipinski definition) is 0. The zero-order chi connectivity index (χ0) is 30.8. The van der Waals surface area contributed by atoms with Gasteiger partial charge in [0.25, 0.3) is 0 Å². The number of benzene rings is 4. The van der Waals surface area contributed by atoms with E-state index in [2.05, 4.69) is 153 Å². The Kier molecular flexibility index (Phi) is 10.5. The van der Waals surface area contributed by atoms with Crippen molar-refractivity contribution in [2.75, 3.05) is 11.5 Å². The first kappa shape index (κ1) is 33.3. The second-order valence-corrected chi connectivity index (χ2v) is 26.2. The van der Waals surface area contributed by atoms with Crippen molar-refractivity contribution < 1.29 is 8.85 Å². The molecule has 0 aromatic heterocycles. The van der Waals surface area contributed by atoms with Crippen LogP contribution in [0.15, 0.2) is 94.7 Å². The molecule has 0 fully saturated rings. The zero-order valence-electron chi connectivity index (χ0n) is 27.3. The highest BCUT2D eigenvalue weighted by Gasteiger charge is 2.44. The molecular formula is C36H50O2S2Si2. The van der Waals surface area contributed by atoms with E-state index in [0.29, 0.717) is 0 Å². The van der Waals surface area contributed by atoms with Crippen LogP contribution in [0.1, 0.15) is 41.5 Å². The van der Waals surface area contributed by atoms with Crippen LogP contribution in [-0.2, 0) is 8.85 Å². The maximum absolute atomic E-state index is 7.29. The highest BCUT2D eigenvalue weighted by molar-refractivity contribution is 7.99. The third kappa shape index (κ3) is 8.33. The average molecular weight is 635 g/mol. The maximum Gasteiger partial charge on any atom is 0.192 e. The van der Waals surface area contributed by atoms with Gasteiger partial charge in [-0.05, 0) is 82.1 Å². The number of thioether (sulfide) groups is 2. The van der Waals surface area contributed by atoms with E-state index in [9.17, 15) is 0 Å². The summed E-state index contributed by atoms with van der Waals surface area (Å²) in [6, 6.07) is 30.8. The third-order valence-corrected chi connectivity index (χ3v) is 20.4. The molecule has 4 aromatic rings. The molecule has 0 spiro atoms. The van der Waals surface area contributed by atoms with E-state index in [1.807, 2.05) is 23.5 Å². The first-order valence-corrected chi connectivity index (χ1v) is 22.9. The Labute approximate surface area is 265 Å². The van der Waals surface area contributed by atoms with Crippen LogP contribution in [0.3, 0.4) is 0 Å². The van der Waals surface area contributed by atoms with Crippen LogP contribution in [0.4, 0.5) is 0 Å². The van der Waals surface area contributed by atoms with Crippen LogP contribution in [0.25, 0.3) is 21.5 Å². The molecule has 0 unspecified atom stereocenters. The Hall–Kier alpha value is -1.55. The Bertz CT molecular complexity index is 1370. The van der Waals surface area contributed by atoms with E-state index in [4.69, 9.17) is 8.85 Å². The molecule has 0 aliphatic heterocycles. The molecule has 0 bridgehead atoms. The fourth-order valence-electron chi connectivity index (χ4n) is 4.42. The summed E-state index contributed by atoms with van der Waals surface area (Å²) in [6.45, 7) is 23.5. The van der Waals surface area contributed by atoms with Crippen molar-refractivity contribution in [1.29, 1.82) is 0 Å². The number of fused-ring (bicyclic) bond motifs is 2. The Morgan fingerprint density at radius 2 is 0.857 bits per heavy atom. The highest BCUT2D eigenvalue weighted by atomic mass is 32.2. The summed E-state index contributed by atoms with van der Waals surface area (Å²) in [7, 11) is -4.13. The van der Waals surface area contributed by atoms with Crippen molar-refractivity contribution in [2.45, 2.75) is 99.8 Å². The lowest BCUT2D eigenvalue weighted by atomic mass is 10.1. The number of hydrogen-bond acceptors (Lipinski definition) is 4. The summed E-state index contributed by atoms with van der Waals surface area (Å²) < 4.78 is 14.6. The van der Waals surface area contributed by atoms with E-state index >= 15 is 0 Å². The minimum Gasteiger partial charge on any atom is -0.410 e. The molecule has 0 aliphatic rings. The smallest absolute Gasteiger partial charge is 0.192 e. The van der Waals surface area contributed by atoms with Crippen LogP contribution >= 0.6 is 23.5 Å². The lowest BCUT2D eigenvalue weighted by Gasteiger charge is -2.45. The van der Waals surface area contributed by atoms with E-state index in [1.54, 1.807) is 0 Å². The van der Waals surface area contributed by atoms with Gasteiger partial charge in [0.05, 0.1) is 12.2 Å². The van der Waals surface area contributed by atoms with Crippen LogP contribution in [0, 0.1) is 0 Å². The van der Waals surface area contributed by atoms with Gasteiger partial charge in [-0.15, -0.1) is 23.5 Å². The lowest BCUT2D eigenvalue weighted by molar-refractivity contribution is 0.0644. The van der Waals surface area contributed by atoms with Crippen LogP contribution < -0.4 is 0 Å². The molecule has 0 saturated carbocycles. The average Bonchev–Trinajstić information content (AvgIpc) is 2.91. The fourth-order valence-corrected chi connectivity index (χ4v) is 9.38. The van der Waals surface area contributed by atoms with Gasteiger partial charge in [0.1, 0.15) is 0 Å². The SMILES string of the molecule is CC(C)(C)[Si](C)(C)O[C@@H](CSc1ccc2ccccc2c1)[C@H](CSc1ccc2ccccc2c1)O[Si](C)(C)C(C)(C)C. The van der Waals surface area contributed by atoms with Gasteiger partial charge in [-0.2, -0.15) is 0 Å². The van der Waals surface area contributed by atoms with Crippen LogP contribution in [-0.4, -0.2) is 40.3 Å². The monoisotopic (exact) mass is 634 g/mol. The molecule has 0 N–H and O–H groups in total. The first-order chi connectivity index (χ1) is 19.6. The van der Waals surface area contributed by atoms with E-state index in [-0.39, 0.29) is 22.3 Å². The largest absolute Gasteiger partial charge is 0.410 e. The second kappa shape index (κ2) is 13.2. The Morgan fingerprint density at radius 3 is 1.19 bits per heavy atom. The normalized spacial score (nSPS) is 14.8. The molecule has 4 rings (SSSR count). The Morgan fingerprint density at radius 1 is 0.524 bits per heavy atom. The minimum absolute atomic E-state index is 0.00977. The fraction of sp³-hybridized carbons (Fsp3) is 0.444. The summed E-state index contributed by atoms with van der Waals surface area (Å²) in [5.41, 5.74) is 0. The van der Waals surface area contributed by atoms with Crippen molar-refractivity contribution in [2.24, 2.45) is 0 Å². The molecule has 4 aromatic carbocycles. The van der Waals surface area contributed by atoms with E-state index in [0.717, 1.165) is 11.5 Å². The van der Waals surface area contributed by atoms with Crippen molar-refractivity contribution in [3.05, 3.63) is 84.9 Å². The van der Waals surface area contributed by atoms with Gasteiger partial charge in [-0.3, -0.25) is 0 Å². The molecule has 226 valence electrons. The third-order valence-electron chi connectivity index (χ3n) is 9.19. The molecule has 0 aliphatic carbocycles. The summed E-state index contributed by atoms with van der Waals surface area (Å²) >= 11 is 3.81. The van der Waals surface area contributed by atoms with Crippen molar-refractivity contribution >= 4 is 61.7 Å². The van der Waals surface area contributed by atoms with Gasteiger partial charge in [-0.25, -0.2) is 0 Å². The summed E-state index contributed by atoms with van der Waals surface area (Å²) in [6.07, 6.45) is -0.0195. The van der Waals surface area contributed by atoms with Crippen molar-refractivity contribution in [3.63, 3.8) is 0 Å². The highest BCUT2D eigenvalue weighted by Crippen LogP contribution is 2.42. The minimum atomic E-state index is -2.07.